The highest BCUT2D eigenvalue weighted by Crippen LogP contribution is 2.37. The minimum atomic E-state index is -1.97. The zero-order valence-electron chi connectivity index (χ0n) is 27.9. The minimum Gasteiger partial charge on any atom is -0.387 e. The Morgan fingerprint density at radius 3 is 2.04 bits per heavy atom. The number of anilines is 2. The molecule has 0 aliphatic carbocycles. The number of thiazole rings is 1. The van der Waals surface area contributed by atoms with E-state index in [1.807, 2.05) is 12.1 Å². The van der Waals surface area contributed by atoms with Gasteiger partial charge in [-0.05, 0) is 56.9 Å². The molecule has 15 nitrogen and oxygen atoms in total. The third kappa shape index (κ3) is 10.7. The fraction of sp³-hybridized carbons (Fsp3) is 0.406. The highest BCUT2D eigenvalue weighted by Gasteiger charge is 2.50. The van der Waals surface area contributed by atoms with Crippen molar-refractivity contribution in [2.24, 2.45) is 11.1 Å². The maximum absolute atomic E-state index is 13.2. The summed E-state index contributed by atoms with van der Waals surface area (Å²) in [6.07, 6.45) is -1.14. The predicted octanol–water partition coefficient (Wildman–Crippen LogP) is 5.46. The van der Waals surface area contributed by atoms with Crippen LogP contribution in [0, 0.1) is 15.5 Å². The van der Waals surface area contributed by atoms with Crippen LogP contribution in [0.1, 0.15) is 75.0 Å². The van der Waals surface area contributed by atoms with E-state index in [0.29, 0.717) is 34.7 Å². The lowest BCUT2D eigenvalue weighted by Gasteiger charge is -2.42. The van der Waals surface area contributed by atoms with Crippen molar-refractivity contribution < 1.29 is 33.6 Å². The number of benzene rings is 2. The van der Waals surface area contributed by atoms with Crippen LogP contribution >= 0.6 is 11.3 Å². The third-order valence-corrected chi connectivity index (χ3v) is 7.66. The molecule has 0 radical (unpaired) electrons. The van der Waals surface area contributed by atoms with Gasteiger partial charge in [-0.25, -0.2) is 14.6 Å². The van der Waals surface area contributed by atoms with Crippen LogP contribution in [-0.2, 0) is 33.7 Å². The van der Waals surface area contributed by atoms with Gasteiger partial charge in [-0.1, -0.05) is 56.4 Å². The molecule has 3 aromatic rings. The Hall–Kier alpha value is -5.25. The van der Waals surface area contributed by atoms with Gasteiger partial charge in [-0.2, -0.15) is 0 Å². The summed E-state index contributed by atoms with van der Waals surface area (Å²) in [5.41, 5.74) is 6.23. The van der Waals surface area contributed by atoms with Gasteiger partial charge in [0.05, 0.1) is 16.0 Å². The fourth-order valence-corrected chi connectivity index (χ4v) is 5.25. The van der Waals surface area contributed by atoms with E-state index in [-0.39, 0.29) is 23.3 Å². The number of aromatic nitrogens is 1. The molecule has 0 saturated heterocycles. The molecule has 3 rings (SSSR count). The summed E-state index contributed by atoms with van der Waals surface area (Å²) in [5, 5.41) is 22.3. The van der Waals surface area contributed by atoms with Gasteiger partial charge < -0.3 is 36.5 Å². The summed E-state index contributed by atoms with van der Waals surface area (Å²) in [4.78, 5) is 64.8. The fourth-order valence-electron chi connectivity index (χ4n) is 4.28. The van der Waals surface area contributed by atoms with Crippen LogP contribution in [0.25, 0.3) is 0 Å². The molecule has 4 amide bonds. The summed E-state index contributed by atoms with van der Waals surface area (Å²) >= 11 is 1.04. The SMILES string of the molecule is CC(=O)Nc1nc(CCc2ccc(NC(OC(N)=O)(OC(=O)NC(C)(C)C)C(C)(C)C)cc2)c(C(=O)NCc2ccc([N+](=O)[O-])cc2)s1. The van der Waals surface area contributed by atoms with E-state index < -0.39 is 39.9 Å². The van der Waals surface area contributed by atoms with Crippen LogP contribution in [0.3, 0.4) is 0 Å². The van der Waals surface area contributed by atoms with Gasteiger partial charge in [-0.15, -0.1) is 0 Å². The van der Waals surface area contributed by atoms with Crippen molar-refractivity contribution in [1.29, 1.82) is 0 Å². The number of nitrogens with two attached hydrogens (primary N) is 1. The molecule has 1 aromatic heterocycles. The number of non-ortho nitro benzene ring substituents is 1. The zero-order chi connectivity index (χ0) is 35.9. The topological polar surface area (TPSA) is 217 Å². The van der Waals surface area contributed by atoms with Crippen molar-refractivity contribution in [1.82, 2.24) is 15.6 Å². The van der Waals surface area contributed by atoms with Gasteiger partial charge in [-0.3, -0.25) is 19.7 Å². The van der Waals surface area contributed by atoms with Crippen LogP contribution in [-0.4, -0.2) is 45.4 Å². The van der Waals surface area contributed by atoms with E-state index in [1.54, 1.807) is 65.8 Å². The number of primary amides is 1. The van der Waals surface area contributed by atoms with Crippen LogP contribution in [0.4, 0.5) is 26.1 Å². The standard InChI is InChI=1S/C32H41N7O8S/c1-19(40)35-28-36-24(25(48-28)26(41)34-18-21-10-15-23(16-11-21)39(44)45)17-12-20-8-13-22(14-9-20)37-32(30(2,3)4,46-27(33)42)47-29(43)38-31(5,6)7/h8-11,13-16,37H,12,17-18H2,1-7H3,(H2,33,42)(H,34,41)(H,38,43)(H,35,36,40). The van der Waals surface area contributed by atoms with Crippen molar-refractivity contribution in [2.45, 2.75) is 79.3 Å². The maximum atomic E-state index is 13.2. The molecule has 0 aliphatic heterocycles. The van der Waals surface area contributed by atoms with E-state index in [1.165, 1.54) is 19.1 Å². The quantitative estimate of drug-likeness (QED) is 0.0923. The number of carbonyl (C=O) groups excluding carboxylic acids is 4. The molecule has 0 saturated carbocycles. The zero-order valence-corrected chi connectivity index (χ0v) is 28.7. The van der Waals surface area contributed by atoms with Gasteiger partial charge in [0.25, 0.3) is 11.6 Å². The molecule has 16 heteroatoms. The lowest BCUT2D eigenvalue weighted by Crippen LogP contribution is -2.59. The van der Waals surface area contributed by atoms with E-state index >= 15 is 0 Å². The average molecular weight is 684 g/mol. The number of amides is 4. The lowest BCUT2D eigenvalue weighted by atomic mass is 9.90. The van der Waals surface area contributed by atoms with Gasteiger partial charge in [0, 0.05) is 36.8 Å². The minimum absolute atomic E-state index is 0.0528. The average Bonchev–Trinajstić information content (AvgIpc) is 3.35. The first-order valence-electron chi connectivity index (χ1n) is 14.9. The summed E-state index contributed by atoms with van der Waals surface area (Å²) in [6, 6.07) is 12.9. The Morgan fingerprint density at radius 1 is 0.917 bits per heavy atom. The molecular weight excluding hydrogens is 642 g/mol. The Morgan fingerprint density at radius 2 is 1.52 bits per heavy atom. The first kappa shape index (κ1) is 37.2. The van der Waals surface area contributed by atoms with Crippen LogP contribution in [0.2, 0.25) is 0 Å². The van der Waals surface area contributed by atoms with Crippen LogP contribution in [0.5, 0.6) is 0 Å². The lowest BCUT2D eigenvalue weighted by molar-refractivity contribution is -0.384. The Bertz CT molecular complexity index is 1640. The molecule has 2 aromatic carbocycles. The second-order valence-corrected chi connectivity index (χ2v) is 14.0. The van der Waals surface area contributed by atoms with Crippen molar-refractivity contribution >= 4 is 51.8 Å². The van der Waals surface area contributed by atoms with Crippen LogP contribution in [0.15, 0.2) is 48.5 Å². The number of alkyl carbamates (subject to hydrolysis) is 1. The summed E-state index contributed by atoms with van der Waals surface area (Å²) < 4.78 is 11.1. The second kappa shape index (κ2) is 15.1. The Kier molecular flexibility index (Phi) is 11.7. The van der Waals surface area contributed by atoms with Crippen LogP contribution < -0.4 is 27.0 Å². The number of nitro groups is 1. The van der Waals surface area contributed by atoms with Crippen molar-refractivity contribution in [3.05, 3.63) is 80.3 Å². The number of hydrogen-bond donors (Lipinski definition) is 5. The highest BCUT2D eigenvalue weighted by molar-refractivity contribution is 7.17. The number of hydrogen-bond acceptors (Lipinski definition) is 11. The summed E-state index contributed by atoms with van der Waals surface area (Å²) in [7, 11) is 0. The first-order valence-corrected chi connectivity index (χ1v) is 15.7. The molecule has 0 fully saturated rings. The summed E-state index contributed by atoms with van der Waals surface area (Å²) in [6.45, 7) is 11.9. The maximum Gasteiger partial charge on any atom is 0.412 e. The normalized spacial score (nSPS) is 12.6. The number of ether oxygens (including phenoxy) is 2. The number of carbonyl (C=O) groups is 4. The molecule has 1 unspecified atom stereocenters. The second-order valence-electron chi connectivity index (χ2n) is 13.0. The van der Waals surface area contributed by atoms with E-state index in [0.717, 1.165) is 16.9 Å². The predicted molar refractivity (Wildman–Crippen MR) is 180 cm³/mol. The van der Waals surface area contributed by atoms with Crippen molar-refractivity contribution in [3.8, 4) is 0 Å². The summed E-state index contributed by atoms with van der Waals surface area (Å²) in [5.74, 6) is -2.70. The molecule has 1 heterocycles. The molecule has 6 N–H and O–H groups in total. The number of aryl methyl sites for hydroxylation is 2. The molecular formula is C32H41N7O8S. The molecule has 0 bridgehead atoms. The highest BCUT2D eigenvalue weighted by atomic mass is 32.1. The number of rotatable bonds is 12. The number of nitrogens with zero attached hydrogens (tertiary/aromatic N) is 2. The van der Waals surface area contributed by atoms with Gasteiger partial charge >= 0.3 is 18.1 Å². The van der Waals surface area contributed by atoms with Gasteiger partial charge in [0.1, 0.15) is 4.88 Å². The Balaban J connectivity index is 1.77. The molecule has 0 spiro atoms. The Labute approximate surface area is 282 Å². The largest absolute Gasteiger partial charge is 0.412 e. The van der Waals surface area contributed by atoms with Gasteiger partial charge in [0.2, 0.25) is 5.91 Å². The van der Waals surface area contributed by atoms with E-state index in [4.69, 9.17) is 15.2 Å². The monoisotopic (exact) mass is 683 g/mol. The molecule has 0 aliphatic rings. The van der Waals surface area contributed by atoms with Crippen molar-refractivity contribution in [2.75, 3.05) is 10.6 Å². The van der Waals surface area contributed by atoms with Crippen molar-refractivity contribution in [3.63, 3.8) is 0 Å². The molecule has 1 atom stereocenters. The van der Waals surface area contributed by atoms with E-state index in [2.05, 4.69) is 26.3 Å². The smallest absolute Gasteiger partial charge is 0.387 e. The third-order valence-electron chi connectivity index (χ3n) is 6.65. The van der Waals surface area contributed by atoms with Gasteiger partial charge in [0.15, 0.2) is 5.13 Å². The number of nitro benzene ring substituents is 1. The first-order chi connectivity index (χ1) is 22.3. The number of nitrogens with one attached hydrogen (secondary N) is 4. The molecule has 258 valence electrons. The molecule has 48 heavy (non-hydrogen) atoms. The van der Waals surface area contributed by atoms with E-state index in [9.17, 15) is 29.3 Å².